The number of Topliss-reactive ketones (excluding diaryl/α,β-unsaturated/α-hetero) is 1. The summed E-state index contributed by atoms with van der Waals surface area (Å²) < 4.78 is 5.67. The van der Waals surface area contributed by atoms with Crippen LogP contribution < -0.4 is 0 Å². The van der Waals surface area contributed by atoms with E-state index in [4.69, 9.17) is 4.74 Å². The number of carbonyl (C=O) groups is 2. The van der Waals surface area contributed by atoms with E-state index in [2.05, 4.69) is 0 Å². The van der Waals surface area contributed by atoms with Gasteiger partial charge in [-0.3, -0.25) is 9.59 Å². The van der Waals surface area contributed by atoms with Crippen LogP contribution in [0.15, 0.2) is 30.3 Å². The molecule has 0 aliphatic heterocycles. The molecule has 1 aliphatic carbocycles. The van der Waals surface area contributed by atoms with Gasteiger partial charge in [-0.1, -0.05) is 31.2 Å². The van der Waals surface area contributed by atoms with Crippen LogP contribution >= 0.6 is 0 Å². The molecule has 88 valence electrons. The second-order valence-corrected chi connectivity index (χ2v) is 4.08. The van der Waals surface area contributed by atoms with E-state index in [1.54, 1.807) is 18.2 Å². The standard InChI is InChI=1S/C14H14O3/c1-3-9(2)17-13-8-12(15)14(16)11-7-5-4-6-10(11)13/h4-9H,3H2,1-2H3. The third kappa shape index (κ3) is 2.13. The van der Waals surface area contributed by atoms with Gasteiger partial charge < -0.3 is 4.74 Å². The van der Waals surface area contributed by atoms with Gasteiger partial charge >= 0.3 is 0 Å². The lowest BCUT2D eigenvalue weighted by molar-refractivity contribution is -0.111. The van der Waals surface area contributed by atoms with Gasteiger partial charge in [-0.05, 0) is 13.3 Å². The van der Waals surface area contributed by atoms with E-state index in [0.717, 1.165) is 6.42 Å². The van der Waals surface area contributed by atoms with Crippen LogP contribution in [0.5, 0.6) is 0 Å². The first-order valence-corrected chi connectivity index (χ1v) is 5.70. The van der Waals surface area contributed by atoms with E-state index in [-0.39, 0.29) is 6.10 Å². The molecule has 0 bridgehead atoms. The van der Waals surface area contributed by atoms with Crippen molar-refractivity contribution in [1.29, 1.82) is 0 Å². The molecule has 0 amide bonds. The zero-order valence-electron chi connectivity index (χ0n) is 9.90. The van der Waals surface area contributed by atoms with Crippen molar-refractivity contribution in [2.24, 2.45) is 0 Å². The Balaban J connectivity index is 2.43. The lowest BCUT2D eigenvalue weighted by Gasteiger charge is -2.20. The Bertz CT molecular complexity index is 500. The molecule has 0 saturated carbocycles. The molecule has 3 heteroatoms. The topological polar surface area (TPSA) is 43.4 Å². The molecule has 1 aromatic carbocycles. The van der Waals surface area contributed by atoms with E-state index < -0.39 is 11.6 Å². The predicted molar refractivity (Wildman–Crippen MR) is 64.6 cm³/mol. The molecule has 0 N–H and O–H groups in total. The number of rotatable bonds is 3. The largest absolute Gasteiger partial charge is 0.490 e. The van der Waals surface area contributed by atoms with Crippen molar-refractivity contribution in [3.8, 4) is 0 Å². The lowest BCUT2D eigenvalue weighted by atomic mass is 9.94. The summed E-state index contributed by atoms with van der Waals surface area (Å²) in [6.07, 6.45) is 2.16. The molecule has 1 aliphatic rings. The average Bonchev–Trinajstić information content (AvgIpc) is 2.35. The average molecular weight is 230 g/mol. The van der Waals surface area contributed by atoms with Crippen molar-refractivity contribution in [2.45, 2.75) is 26.4 Å². The summed E-state index contributed by atoms with van der Waals surface area (Å²) in [7, 11) is 0. The molecule has 0 aromatic heterocycles. The maximum atomic E-state index is 11.7. The van der Waals surface area contributed by atoms with Crippen LogP contribution in [0.2, 0.25) is 0 Å². The van der Waals surface area contributed by atoms with E-state index in [1.165, 1.54) is 6.08 Å². The van der Waals surface area contributed by atoms with E-state index >= 15 is 0 Å². The monoisotopic (exact) mass is 230 g/mol. The summed E-state index contributed by atoms with van der Waals surface area (Å²) in [5.74, 6) is -0.473. The fourth-order valence-electron chi connectivity index (χ4n) is 1.69. The highest BCUT2D eigenvalue weighted by Gasteiger charge is 2.26. The van der Waals surface area contributed by atoms with Crippen molar-refractivity contribution >= 4 is 17.3 Å². The van der Waals surface area contributed by atoms with Crippen LogP contribution in [0.25, 0.3) is 5.76 Å². The van der Waals surface area contributed by atoms with Crippen molar-refractivity contribution in [3.05, 3.63) is 41.5 Å². The Morgan fingerprint density at radius 2 is 1.82 bits per heavy atom. The Labute approximate surface area is 100 Å². The molecule has 2 rings (SSSR count). The molecular weight excluding hydrogens is 216 g/mol. The SMILES string of the molecule is CCC(C)OC1=CC(=O)C(=O)c2ccccc21. The minimum atomic E-state index is -0.512. The highest BCUT2D eigenvalue weighted by Crippen LogP contribution is 2.27. The van der Waals surface area contributed by atoms with Crippen LogP contribution in [0.3, 0.4) is 0 Å². The first-order chi connectivity index (χ1) is 8.13. The van der Waals surface area contributed by atoms with Gasteiger partial charge in [0.05, 0.1) is 6.10 Å². The zero-order chi connectivity index (χ0) is 12.4. The third-order valence-corrected chi connectivity index (χ3v) is 2.83. The highest BCUT2D eigenvalue weighted by atomic mass is 16.5. The number of ketones is 2. The van der Waals surface area contributed by atoms with E-state index in [1.807, 2.05) is 19.9 Å². The van der Waals surface area contributed by atoms with Gasteiger partial charge in [-0.25, -0.2) is 0 Å². The first-order valence-electron chi connectivity index (χ1n) is 5.70. The van der Waals surface area contributed by atoms with Gasteiger partial charge in [-0.2, -0.15) is 0 Å². The first kappa shape index (κ1) is 11.6. The Morgan fingerprint density at radius 1 is 1.18 bits per heavy atom. The lowest BCUT2D eigenvalue weighted by Crippen LogP contribution is -2.20. The van der Waals surface area contributed by atoms with Crippen LogP contribution in [0.1, 0.15) is 36.2 Å². The zero-order valence-corrected chi connectivity index (χ0v) is 9.90. The second-order valence-electron chi connectivity index (χ2n) is 4.08. The summed E-state index contributed by atoms with van der Waals surface area (Å²) in [6.45, 7) is 3.94. The maximum absolute atomic E-state index is 11.7. The molecule has 1 aromatic rings. The van der Waals surface area contributed by atoms with Crippen molar-refractivity contribution in [2.75, 3.05) is 0 Å². The maximum Gasteiger partial charge on any atom is 0.233 e. The smallest absolute Gasteiger partial charge is 0.233 e. The summed E-state index contributed by atoms with van der Waals surface area (Å²) in [6, 6.07) is 7.03. The summed E-state index contributed by atoms with van der Waals surface area (Å²) in [5, 5.41) is 0. The van der Waals surface area contributed by atoms with E-state index in [9.17, 15) is 9.59 Å². The molecule has 0 radical (unpaired) electrons. The van der Waals surface area contributed by atoms with Gasteiger partial charge in [0.2, 0.25) is 11.6 Å². The molecule has 0 saturated heterocycles. The van der Waals surface area contributed by atoms with E-state index in [0.29, 0.717) is 16.9 Å². The fraction of sp³-hybridized carbons (Fsp3) is 0.286. The Kier molecular flexibility index (Phi) is 3.09. The summed E-state index contributed by atoms with van der Waals surface area (Å²) in [5.41, 5.74) is 1.13. The van der Waals surface area contributed by atoms with Gasteiger partial charge in [-0.15, -0.1) is 0 Å². The Hall–Kier alpha value is -1.90. The number of hydrogen-bond donors (Lipinski definition) is 0. The quantitative estimate of drug-likeness (QED) is 0.750. The summed E-state index contributed by atoms with van der Waals surface area (Å²) >= 11 is 0. The third-order valence-electron chi connectivity index (χ3n) is 2.83. The molecular formula is C14H14O3. The van der Waals surface area contributed by atoms with Crippen LogP contribution in [-0.4, -0.2) is 17.7 Å². The number of fused-ring (bicyclic) bond motifs is 1. The fourth-order valence-corrected chi connectivity index (χ4v) is 1.69. The number of carbonyl (C=O) groups excluding carboxylic acids is 2. The number of allylic oxidation sites excluding steroid dienone is 1. The summed E-state index contributed by atoms with van der Waals surface area (Å²) in [4.78, 5) is 23.2. The van der Waals surface area contributed by atoms with Gasteiger partial charge in [0, 0.05) is 17.2 Å². The molecule has 17 heavy (non-hydrogen) atoms. The Morgan fingerprint density at radius 3 is 2.47 bits per heavy atom. The van der Waals surface area contributed by atoms with Gasteiger partial charge in [0.15, 0.2) is 0 Å². The van der Waals surface area contributed by atoms with Gasteiger partial charge in [0.1, 0.15) is 5.76 Å². The number of hydrogen-bond acceptors (Lipinski definition) is 3. The normalized spacial score (nSPS) is 16.2. The predicted octanol–water partition coefficient (Wildman–Crippen LogP) is 2.61. The molecule has 3 nitrogen and oxygen atoms in total. The molecule has 1 unspecified atom stereocenters. The molecule has 0 fully saturated rings. The van der Waals surface area contributed by atoms with Gasteiger partial charge in [0.25, 0.3) is 0 Å². The minimum absolute atomic E-state index is 0.0234. The number of benzene rings is 1. The van der Waals surface area contributed by atoms with Crippen molar-refractivity contribution in [1.82, 2.24) is 0 Å². The number of ether oxygens (including phenoxy) is 1. The van der Waals surface area contributed by atoms with Crippen LogP contribution in [0, 0.1) is 0 Å². The molecule has 0 spiro atoms. The highest BCUT2D eigenvalue weighted by molar-refractivity contribution is 6.50. The second kappa shape index (κ2) is 4.53. The molecule has 0 heterocycles. The van der Waals surface area contributed by atoms with Crippen molar-refractivity contribution in [3.63, 3.8) is 0 Å². The molecule has 1 atom stereocenters. The van der Waals surface area contributed by atoms with Crippen molar-refractivity contribution < 1.29 is 14.3 Å². The minimum Gasteiger partial charge on any atom is -0.490 e. The van der Waals surface area contributed by atoms with Crippen LogP contribution in [-0.2, 0) is 9.53 Å². The van der Waals surface area contributed by atoms with Crippen LogP contribution in [0.4, 0.5) is 0 Å².